The van der Waals surface area contributed by atoms with Gasteiger partial charge in [-0.05, 0) is 57.0 Å². The fourth-order valence-corrected chi connectivity index (χ4v) is 5.96. The molecule has 8 heteroatoms. The van der Waals surface area contributed by atoms with Gasteiger partial charge in [-0.15, -0.1) is 0 Å². The Bertz CT molecular complexity index is 830. The molecule has 1 N–H and O–H groups in total. The van der Waals surface area contributed by atoms with Crippen molar-refractivity contribution in [2.45, 2.75) is 61.8 Å². The summed E-state index contributed by atoms with van der Waals surface area (Å²) in [6, 6.07) is 4.44. The lowest BCUT2D eigenvalue weighted by molar-refractivity contribution is 0.0326. The number of benzene rings is 1. The topological polar surface area (TPSA) is 69.7 Å². The third-order valence-corrected chi connectivity index (χ3v) is 8.64. The van der Waals surface area contributed by atoms with Crippen LogP contribution in [-0.4, -0.2) is 62.8 Å². The van der Waals surface area contributed by atoms with Crippen molar-refractivity contribution < 1.29 is 13.2 Å². The second-order valence-corrected chi connectivity index (χ2v) is 11.0. The monoisotopic (exact) mass is 441 g/mol. The third-order valence-electron chi connectivity index (χ3n) is 6.34. The second kappa shape index (κ2) is 9.33. The van der Waals surface area contributed by atoms with Crippen LogP contribution in [0, 0.1) is 0 Å². The summed E-state index contributed by atoms with van der Waals surface area (Å²) < 4.78 is 26.1. The minimum absolute atomic E-state index is 0.0271. The molecule has 1 saturated carbocycles. The van der Waals surface area contributed by atoms with Crippen LogP contribution in [0.3, 0.4) is 0 Å². The zero-order valence-electron chi connectivity index (χ0n) is 17.4. The minimum Gasteiger partial charge on any atom is -0.350 e. The summed E-state index contributed by atoms with van der Waals surface area (Å²) in [7, 11) is -0.819. The Labute approximate surface area is 179 Å². The molecule has 162 valence electrons. The Hall–Kier alpha value is -1.15. The molecule has 1 amide bonds. The maximum absolute atomic E-state index is 12.9. The number of hydrogen-bond acceptors (Lipinski definition) is 4. The zero-order chi connectivity index (χ0) is 21.1. The van der Waals surface area contributed by atoms with Crippen LogP contribution < -0.4 is 5.32 Å². The average molecular weight is 442 g/mol. The highest BCUT2D eigenvalue weighted by Crippen LogP contribution is 2.35. The Balaban J connectivity index is 1.77. The Morgan fingerprint density at radius 2 is 1.72 bits per heavy atom. The molecule has 0 unspecified atom stereocenters. The van der Waals surface area contributed by atoms with Crippen molar-refractivity contribution in [3.05, 3.63) is 28.8 Å². The normalized spacial score (nSPS) is 20.6. The van der Waals surface area contributed by atoms with Gasteiger partial charge < -0.3 is 5.32 Å². The van der Waals surface area contributed by atoms with Crippen LogP contribution in [0.4, 0.5) is 0 Å². The van der Waals surface area contributed by atoms with E-state index in [9.17, 15) is 13.2 Å². The third kappa shape index (κ3) is 4.95. The molecule has 1 heterocycles. The largest absolute Gasteiger partial charge is 0.350 e. The highest BCUT2D eigenvalue weighted by Gasteiger charge is 2.38. The molecule has 1 aromatic carbocycles. The number of hydrogen-bond donors (Lipinski definition) is 1. The summed E-state index contributed by atoms with van der Waals surface area (Å²) in [5.74, 6) is -0.251. The fourth-order valence-electron chi connectivity index (χ4n) is 4.57. The highest BCUT2D eigenvalue weighted by atomic mass is 35.5. The molecule has 1 saturated heterocycles. The van der Waals surface area contributed by atoms with Crippen LogP contribution in [0.2, 0.25) is 5.02 Å². The van der Waals surface area contributed by atoms with Gasteiger partial charge in [0, 0.05) is 31.7 Å². The maximum Gasteiger partial charge on any atom is 0.251 e. The van der Waals surface area contributed by atoms with E-state index in [1.807, 2.05) is 0 Å². The lowest BCUT2D eigenvalue weighted by Gasteiger charge is -2.48. The number of rotatable bonds is 6. The molecule has 6 nitrogen and oxygen atoms in total. The van der Waals surface area contributed by atoms with E-state index in [1.54, 1.807) is 6.07 Å². The maximum atomic E-state index is 12.9. The molecule has 1 aliphatic carbocycles. The van der Waals surface area contributed by atoms with E-state index in [0.29, 0.717) is 12.1 Å². The first-order chi connectivity index (χ1) is 13.8. The summed E-state index contributed by atoms with van der Waals surface area (Å²) in [6.45, 7) is 2.80. The van der Waals surface area contributed by atoms with Gasteiger partial charge in [-0.1, -0.05) is 37.3 Å². The standard InChI is InChI=1S/C21H32ClN3O3S/c1-24(2)29(27,28)19-15-17(9-10-18(19)22)20(26)23-16-21(11-5-3-6-12-21)25-13-7-4-8-14-25/h9-10,15H,3-8,11-14,16H2,1-2H3,(H,23,26). The lowest BCUT2D eigenvalue weighted by Crippen LogP contribution is -2.58. The van der Waals surface area contributed by atoms with Gasteiger partial charge in [-0.3, -0.25) is 9.69 Å². The average Bonchev–Trinajstić information content (AvgIpc) is 2.73. The molecule has 0 bridgehead atoms. The molecular weight excluding hydrogens is 410 g/mol. The van der Waals surface area contributed by atoms with E-state index in [-0.39, 0.29) is 21.4 Å². The second-order valence-electron chi connectivity index (χ2n) is 8.45. The van der Waals surface area contributed by atoms with Crippen molar-refractivity contribution in [3.8, 4) is 0 Å². The van der Waals surface area contributed by atoms with E-state index in [4.69, 9.17) is 11.6 Å². The Kier molecular flexibility index (Phi) is 7.25. The zero-order valence-corrected chi connectivity index (χ0v) is 19.0. The van der Waals surface area contributed by atoms with Crippen LogP contribution in [0.5, 0.6) is 0 Å². The number of sulfonamides is 1. The van der Waals surface area contributed by atoms with E-state index in [0.717, 1.165) is 30.2 Å². The number of carbonyl (C=O) groups excluding carboxylic acids is 1. The van der Waals surface area contributed by atoms with Crippen LogP contribution in [0.15, 0.2) is 23.1 Å². The fraction of sp³-hybridized carbons (Fsp3) is 0.667. The predicted molar refractivity (Wildman–Crippen MR) is 116 cm³/mol. The molecule has 1 aromatic rings. The molecule has 2 fully saturated rings. The first-order valence-electron chi connectivity index (χ1n) is 10.5. The molecule has 1 aliphatic heterocycles. The first-order valence-corrected chi connectivity index (χ1v) is 12.3. The van der Waals surface area contributed by atoms with Crippen LogP contribution >= 0.6 is 11.6 Å². The number of likely N-dealkylation sites (tertiary alicyclic amines) is 1. The van der Waals surface area contributed by atoms with Gasteiger partial charge in [-0.25, -0.2) is 12.7 Å². The number of nitrogens with zero attached hydrogens (tertiary/aromatic N) is 2. The molecule has 0 atom stereocenters. The Morgan fingerprint density at radius 3 is 2.34 bits per heavy atom. The van der Waals surface area contributed by atoms with Gasteiger partial charge in [0.05, 0.1) is 5.02 Å². The van der Waals surface area contributed by atoms with E-state index >= 15 is 0 Å². The molecule has 29 heavy (non-hydrogen) atoms. The van der Waals surface area contributed by atoms with Gasteiger partial charge in [0.25, 0.3) is 5.91 Å². The highest BCUT2D eigenvalue weighted by molar-refractivity contribution is 7.89. The lowest BCUT2D eigenvalue weighted by atomic mass is 9.79. The number of amides is 1. The van der Waals surface area contributed by atoms with Crippen molar-refractivity contribution in [1.29, 1.82) is 0 Å². The van der Waals surface area contributed by atoms with Gasteiger partial charge in [-0.2, -0.15) is 0 Å². The van der Waals surface area contributed by atoms with Crippen LogP contribution in [0.1, 0.15) is 61.7 Å². The summed E-state index contributed by atoms with van der Waals surface area (Å²) in [5.41, 5.74) is 0.346. The number of halogens is 1. The number of nitrogens with one attached hydrogen (secondary N) is 1. The molecule has 0 spiro atoms. The molecule has 2 aliphatic rings. The molecule has 3 rings (SSSR count). The summed E-state index contributed by atoms with van der Waals surface area (Å²) >= 11 is 6.11. The molecule has 0 radical (unpaired) electrons. The van der Waals surface area contributed by atoms with Gasteiger partial charge in [0.15, 0.2) is 0 Å². The predicted octanol–water partition coefficient (Wildman–Crippen LogP) is 3.51. The smallest absolute Gasteiger partial charge is 0.251 e. The summed E-state index contributed by atoms with van der Waals surface area (Å²) in [6.07, 6.45) is 9.58. The van der Waals surface area contributed by atoms with Gasteiger partial charge in [0.1, 0.15) is 4.90 Å². The van der Waals surface area contributed by atoms with Crippen molar-refractivity contribution in [3.63, 3.8) is 0 Å². The quantitative estimate of drug-likeness (QED) is 0.733. The number of piperidine rings is 1. The van der Waals surface area contributed by atoms with Crippen molar-refractivity contribution >= 4 is 27.5 Å². The van der Waals surface area contributed by atoms with Crippen LogP contribution in [0.25, 0.3) is 0 Å². The van der Waals surface area contributed by atoms with Gasteiger partial charge >= 0.3 is 0 Å². The molecular formula is C21H32ClN3O3S. The van der Waals surface area contributed by atoms with Crippen molar-refractivity contribution in [2.75, 3.05) is 33.7 Å². The number of carbonyl (C=O) groups is 1. The van der Waals surface area contributed by atoms with Gasteiger partial charge in [0.2, 0.25) is 10.0 Å². The van der Waals surface area contributed by atoms with Crippen molar-refractivity contribution in [1.82, 2.24) is 14.5 Å². The summed E-state index contributed by atoms with van der Waals surface area (Å²) in [4.78, 5) is 15.4. The van der Waals surface area contributed by atoms with E-state index in [2.05, 4.69) is 10.2 Å². The SMILES string of the molecule is CN(C)S(=O)(=O)c1cc(C(=O)NCC2(N3CCCCC3)CCCCC2)ccc1Cl. The Morgan fingerprint density at radius 1 is 1.10 bits per heavy atom. The summed E-state index contributed by atoms with van der Waals surface area (Å²) in [5, 5.41) is 3.22. The van der Waals surface area contributed by atoms with Crippen LogP contribution in [-0.2, 0) is 10.0 Å². The van der Waals surface area contributed by atoms with E-state index in [1.165, 1.54) is 64.8 Å². The minimum atomic E-state index is -3.72. The molecule has 0 aromatic heterocycles. The first kappa shape index (κ1) is 22.5. The van der Waals surface area contributed by atoms with E-state index < -0.39 is 10.0 Å². The van der Waals surface area contributed by atoms with Crippen molar-refractivity contribution in [2.24, 2.45) is 0 Å².